The maximum atomic E-state index is 12.8. The molecule has 0 atom stereocenters. The summed E-state index contributed by atoms with van der Waals surface area (Å²) >= 11 is 5.03. The Morgan fingerprint density at radius 1 is 1.31 bits per heavy atom. The van der Waals surface area contributed by atoms with Gasteiger partial charge in [0.2, 0.25) is 0 Å². The van der Waals surface area contributed by atoms with Crippen molar-refractivity contribution in [2.24, 2.45) is 7.05 Å². The van der Waals surface area contributed by atoms with Crippen LogP contribution in [-0.4, -0.2) is 32.9 Å². The number of aromatic nitrogens is 2. The standard InChI is InChI=1S/C17H23BrN4O3S/c1-4-8-22-15(19)14(16(24)20(3)17(22)25)12(23)10-21(5-2)9-11-6-7-13(18)26-11/h6-7H,4-5,8-10,19H2,1-3H3. The average molecular weight is 443 g/mol. The van der Waals surface area contributed by atoms with E-state index in [0.717, 1.165) is 13.2 Å². The highest BCUT2D eigenvalue weighted by atomic mass is 79.9. The highest BCUT2D eigenvalue weighted by Crippen LogP contribution is 2.23. The molecule has 0 unspecified atom stereocenters. The van der Waals surface area contributed by atoms with E-state index in [0.29, 0.717) is 26.1 Å². The van der Waals surface area contributed by atoms with Gasteiger partial charge in [-0.3, -0.25) is 23.6 Å². The topological polar surface area (TPSA) is 90.3 Å². The Hall–Kier alpha value is -1.71. The second kappa shape index (κ2) is 8.79. The molecule has 0 radical (unpaired) electrons. The molecule has 0 bridgehead atoms. The largest absolute Gasteiger partial charge is 0.384 e. The van der Waals surface area contributed by atoms with Gasteiger partial charge in [0, 0.05) is 25.0 Å². The number of rotatable bonds is 8. The Balaban J connectivity index is 2.33. The van der Waals surface area contributed by atoms with Gasteiger partial charge >= 0.3 is 5.69 Å². The first kappa shape index (κ1) is 20.6. The Labute approximate surface area is 164 Å². The zero-order chi connectivity index (χ0) is 19.4. The number of hydrogen-bond acceptors (Lipinski definition) is 6. The van der Waals surface area contributed by atoms with E-state index < -0.39 is 11.2 Å². The van der Waals surface area contributed by atoms with Crippen molar-refractivity contribution in [3.8, 4) is 0 Å². The van der Waals surface area contributed by atoms with E-state index >= 15 is 0 Å². The number of nitrogens with zero attached hydrogens (tertiary/aromatic N) is 3. The van der Waals surface area contributed by atoms with Crippen molar-refractivity contribution in [2.45, 2.75) is 33.4 Å². The second-order valence-electron chi connectivity index (χ2n) is 5.99. The Morgan fingerprint density at radius 3 is 2.54 bits per heavy atom. The van der Waals surface area contributed by atoms with Gasteiger partial charge in [-0.15, -0.1) is 11.3 Å². The number of likely N-dealkylation sites (N-methyl/N-ethyl adjacent to an activating group) is 1. The number of thiophene rings is 1. The van der Waals surface area contributed by atoms with Crippen LogP contribution in [0.1, 0.15) is 35.5 Å². The molecule has 0 aromatic carbocycles. The van der Waals surface area contributed by atoms with Gasteiger partial charge in [-0.05, 0) is 41.0 Å². The molecule has 0 amide bonds. The predicted molar refractivity (Wildman–Crippen MR) is 108 cm³/mol. The minimum atomic E-state index is -0.639. The maximum absolute atomic E-state index is 12.8. The van der Waals surface area contributed by atoms with Crippen LogP contribution in [0.3, 0.4) is 0 Å². The van der Waals surface area contributed by atoms with E-state index in [4.69, 9.17) is 5.73 Å². The molecule has 0 spiro atoms. The molecular weight excluding hydrogens is 420 g/mol. The summed E-state index contributed by atoms with van der Waals surface area (Å²) in [5.74, 6) is -0.412. The Kier molecular flexibility index (Phi) is 6.96. The first-order valence-corrected chi connectivity index (χ1v) is 10.00. The third-order valence-corrected chi connectivity index (χ3v) is 5.74. The molecule has 2 aromatic heterocycles. The van der Waals surface area contributed by atoms with Crippen LogP contribution in [0.15, 0.2) is 25.5 Å². The molecule has 2 heterocycles. The summed E-state index contributed by atoms with van der Waals surface area (Å²) < 4.78 is 3.27. The molecule has 0 saturated heterocycles. The fraction of sp³-hybridized carbons (Fsp3) is 0.471. The lowest BCUT2D eigenvalue weighted by atomic mass is 10.1. The van der Waals surface area contributed by atoms with Gasteiger partial charge in [-0.1, -0.05) is 13.8 Å². The average Bonchev–Trinajstić information content (AvgIpc) is 3.01. The van der Waals surface area contributed by atoms with Crippen molar-refractivity contribution in [3.63, 3.8) is 0 Å². The molecule has 2 N–H and O–H groups in total. The van der Waals surface area contributed by atoms with Crippen molar-refractivity contribution < 1.29 is 4.79 Å². The summed E-state index contributed by atoms with van der Waals surface area (Å²) in [6, 6.07) is 3.96. The second-order valence-corrected chi connectivity index (χ2v) is 8.54. The number of carbonyl (C=O) groups excluding carboxylic acids is 1. The third-order valence-electron chi connectivity index (χ3n) is 4.13. The van der Waals surface area contributed by atoms with Gasteiger partial charge in [-0.25, -0.2) is 4.79 Å². The smallest absolute Gasteiger partial charge is 0.332 e. The minimum absolute atomic E-state index is 0.0418. The summed E-state index contributed by atoms with van der Waals surface area (Å²) in [7, 11) is 1.37. The molecule has 142 valence electrons. The number of nitrogens with two attached hydrogens (primary N) is 1. The summed E-state index contributed by atoms with van der Waals surface area (Å²) in [6.07, 6.45) is 0.671. The van der Waals surface area contributed by atoms with Gasteiger partial charge in [0.1, 0.15) is 11.4 Å². The molecule has 2 rings (SSSR count). The molecule has 2 aromatic rings. The number of Topliss-reactive ketones (excluding diaryl/α,β-unsaturated/α-hetero) is 1. The number of anilines is 1. The molecule has 26 heavy (non-hydrogen) atoms. The summed E-state index contributed by atoms with van der Waals surface area (Å²) in [4.78, 5) is 40.6. The van der Waals surface area contributed by atoms with E-state index in [2.05, 4.69) is 15.9 Å². The van der Waals surface area contributed by atoms with Crippen LogP contribution in [0.4, 0.5) is 5.82 Å². The van der Waals surface area contributed by atoms with Crippen molar-refractivity contribution in [1.82, 2.24) is 14.0 Å². The lowest BCUT2D eigenvalue weighted by molar-refractivity contribution is 0.0928. The number of halogens is 1. The van der Waals surface area contributed by atoms with E-state index in [-0.39, 0.29) is 23.7 Å². The van der Waals surface area contributed by atoms with E-state index in [9.17, 15) is 14.4 Å². The van der Waals surface area contributed by atoms with Gasteiger partial charge in [0.25, 0.3) is 5.56 Å². The molecule has 7 nitrogen and oxygen atoms in total. The number of ketones is 1. The zero-order valence-electron chi connectivity index (χ0n) is 15.1. The minimum Gasteiger partial charge on any atom is -0.384 e. The fourth-order valence-corrected chi connectivity index (χ4v) is 4.23. The SMILES string of the molecule is CCCn1c(N)c(C(=O)CN(CC)Cc2ccc(Br)s2)c(=O)n(C)c1=O. The summed E-state index contributed by atoms with van der Waals surface area (Å²) in [5.41, 5.74) is 4.78. The van der Waals surface area contributed by atoms with Crippen LogP contribution in [0, 0.1) is 0 Å². The Bertz CT molecular complexity index is 916. The highest BCUT2D eigenvalue weighted by Gasteiger charge is 2.23. The summed E-state index contributed by atoms with van der Waals surface area (Å²) in [6.45, 7) is 5.53. The highest BCUT2D eigenvalue weighted by molar-refractivity contribution is 9.11. The van der Waals surface area contributed by atoms with Gasteiger partial charge in [0.15, 0.2) is 5.78 Å². The summed E-state index contributed by atoms with van der Waals surface area (Å²) in [5, 5.41) is 0. The van der Waals surface area contributed by atoms with Crippen LogP contribution in [0.2, 0.25) is 0 Å². The number of hydrogen-bond donors (Lipinski definition) is 1. The third kappa shape index (κ3) is 4.33. The van der Waals surface area contributed by atoms with Crippen LogP contribution in [0.5, 0.6) is 0 Å². The van der Waals surface area contributed by atoms with Crippen LogP contribution in [-0.2, 0) is 20.1 Å². The lowest BCUT2D eigenvalue weighted by Crippen LogP contribution is -2.44. The van der Waals surface area contributed by atoms with Crippen molar-refractivity contribution in [3.05, 3.63) is 47.2 Å². The van der Waals surface area contributed by atoms with Crippen molar-refractivity contribution in [2.75, 3.05) is 18.8 Å². The van der Waals surface area contributed by atoms with E-state index in [1.165, 1.54) is 11.6 Å². The van der Waals surface area contributed by atoms with E-state index in [1.807, 2.05) is 30.9 Å². The molecule has 0 aliphatic carbocycles. The fourth-order valence-electron chi connectivity index (χ4n) is 2.70. The first-order chi connectivity index (χ1) is 12.3. The molecule has 0 saturated carbocycles. The van der Waals surface area contributed by atoms with Crippen molar-refractivity contribution >= 4 is 38.9 Å². The normalized spacial score (nSPS) is 11.3. The maximum Gasteiger partial charge on any atom is 0.332 e. The lowest BCUT2D eigenvalue weighted by Gasteiger charge is -2.20. The molecule has 0 aliphatic rings. The Morgan fingerprint density at radius 2 is 2.00 bits per heavy atom. The van der Waals surface area contributed by atoms with E-state index in [1.54, 1.807) is 11.3 Å². The monoisotopic (exact) mass is 442 g/mol. The van der Waals surface area contributed by atoms with Crippen LogP contribution < -0.4 is 17.0 Å². The predicted octanol–water partition coefficient (Wildman–Crippen LogP) is 2.07. The van der Waals surface area contributed by atoms with Gasteiger partial charge in [0.05, 0.1) is 10.3 Å². The van der Waals surface area contributed by atoms with Crippen LogP contribution >= 0.6 is 27.3 Å². The number of nitrogen functional groups attached to an aromatic ring is 1. The number of carbonyl (C=O) groups is 1. The van der Waals surface area contributed by atoms with Gasteiger partial charge < -0.3 is 5.73 Å². The van der Waals surface area contributed by atoms with Crippen LogP contribution in [0.25, 0.3) is 0 Å². The molecular formula is C17H23BrN4O3S. The van der Waals surface area contributed by atoms with Crippen molar-refractivity contribution in [1.29, 1.82) is 0 Å². The zero-order valence-corrected chi connectivity index (χ0v) is 17.5. The molecule has 0 fully saturated rings. The first-order valence-electron chi connectivity index (χ1n) is 8.39. The van der Waals surface area contributed by atoms with Gasteiger partial charge in [-0.2, -0.15) is 0 Å². The molecule has 0 aliphatic heterocycles. The molecule has 9 heteroatoms. The quantitative estimate of drug-likeness (QED) is 0.631.